The molecule has 1 atom stereocenters. The Balaban J connectivity index is 2.47. The second-order valence-corrected chi connectivity index (χ2v) is 4.34. The molecule has 0 heterocycles. The maximum atomic E-state index is 13.6. The monoisotopic (exact) mass is 300 g/mol. The molecule has 1 unspecified atom stereocenters. The number of methoxy groups -OCH3 is 1. The van der Waals surface area contributed by atoms with Crippen molar-refractivity contribution in [2.75, 3.05) is 20.3 Å². The first-order valence-corrected chi connectivity index (χ1v) is 5.89. The number of alkyl halides is 4. The third-order valence-corrected chi connectivity index (χ3v) is 2.78. The summed E-state index contributed by atoms with van der Waals surface area (Å²) in [7, 11) is 1.40. The molecule has 0 aliphatic heterocycles. The highest BCUT2D eigenvalue weighted by Gasteiger charge is 2.27. The first-order valence-electron chi connectivity index (χ1n) is 5.45. The Labute approximate surface area is 113 Å². The molecule has 0 radical (unpaired) electrons. The molecule has 0 amide bonds. The molecule has 0 bridgehead atoms. The van der Waals surface area contributed by atoms with Crippen LogP contribution in [0.2, 0.25) is 0 Å². The Morgan fingerprint density at radius 2 is 2.00 bits per heavy atom. The van der Waals surface area contributed by atoms with Gasteiger partial charge in [-0.05, 0) is 12.5 Å². The molecule has 1 aromatic rings. The van der Waals surface area contributed by atoms with E-state index in [1.165, 1.54) is 25.3 Å². The topological polar surface area (TPSA) is 18.5 Å². The van der Waals surface area contributed by atoms with Gasteiger partial charge in [0.2, 0.25) is 0 Å². The molecule has 0 fully saturated rings. The zero-order valence-corrected chi connectivity index (χ0v) is 10.9. The number of hydrogen-bond acceptors (Lipinski definition) is 2. The Bertz CT molecular complexity index is 409. The van der Waals surface area contributed by atoms with Crippen LogP contribution in [0.5, 0.6) is 5.75 Å². The fraction of sp³-hybridized carbons (Fsp3) is 0.500. The summed E-state index contributed by atoms with van der Waals surface area (Å²) in [6.07, 6.45) is -4.28. The lowest BCUT2D eigenvalue weighted by atomic mass is 10.1. The van der Waals surface area contributed by atoms with E-state index in [0.29, 0.717) is 5.75 Å². The van der Waals surface area contributed by atoms with E-state index in [2.05, 4.69) is 4.74 Å². The van der Waals surface area contributed by atoms with Gasteiger partial charge in [0.25, 0.3) is 0 Å². The summed E-state index contributed by atoms with van der Waals surface area (Å²) in [5, 5.41) is -0.751. The van der Waals surface area contributed by atoms with Crippen LogP contribution in [0.3, 0.4) is 0 Å². The first kappa shape index (κ1) is 16.0. The lowest BCUT2D eigenvalue weighted by molar-refractivity contribution is -0.174. The molecule has 108 valence electrons. The van der Waals surface area contributed by atoms with E-state index in [1.54, 1.807) is 0 Å². The molecule has 0 aromatic heterocycles. The minimum absolute atomic E-state index is 0.0842. The van der Waals surface area contributed by atoms with E-state index in [9.17, 15) is 17.6 Å². The minimum Gasteiger partial charge on any atom is -0.497 e. The summed E-state index contributed by atoms with van der Waals surface area (Å²) in [4.78, 5) is 0. The van der Waals surface area contributed by atoms with Crippen molar-refractivity contribution in [2.45, 2.75) is 18.0 Å². The Morgan fingerprint density at radius 1 is 1.32 bits per heavy atom. The van der Waals surface area contributed by atoms with Gasteiger partial charge in [-0.15, -0.1) is 11.6 Å². The van der Waals surface area contributed by atoms with Crippen molar-refractivity contribution in [3.05, 3.63) is 29.6 Å². The van der Waals surface area contributed by atoms with Gasteiger partial charge in [0.05, 0.1) is 12.5 Å². The van der Waals surface area contributed by atoms with E-state index >= 15 is 0 Å². The van der Waals surface area contributed by atoms with Crippen molar-refractivity contribution in [1.82, 2.24) is 0 Å². The highest BCUT2D eigenvalue weighted by atomic mass is 35.5. The van der Waals surface area contributed by atoms with Crippen LogP contribution in [0.1, 0.15) is 17.4 Å². The Hall–Kier alpha value is -1.01. The zero-order chi connectivity index (χ0) is 14.5. The van der Waals surface area contributed by atoms with Gasteiger partial charge in [0.1, 0.15) is 18.2 Å². The second kappa shape index (κ2) is 6.96. The molecule has 1 rings (SSSR count). The Kier molecular flexibility index (Phi) is 5.87. The molecule has 0 aliphatic carbocycles. The van der Waals surface area contributed by atoms with Crippen molar-refractivity contribution < 1.29 is 27.0 Å². The average Bonchev–Trinajstić information content (AvgIpc) is 2.33. The molecule has 0 N–H and O–H groups in total. The van der Waals surface area contributed by atoms with Crippen LogP contribution in [0.4, 0.5) is 17.6 Å². The highest BCUT2D eigenvalue weighted by Crippen LogP contribution is 2.29. The van der Waals surface area contributed by atoms with Crippen LogP contribution in [0.25, 0.3) is 0 Å². The number of rotatable bonds is 6. The molecule has 0 aliphatic rings. The maximum Gasteiger partial charge on any atom is 0.411 e. The lowest BCUT2D eigenvalue weighted by Gasteiger charge is -2.13. The summed E-state index contributed by atoms with van der Waals surface area (Å²) >= 11 is 5.91. The van der Waals surface area contributed by atoms with Gasteiger partial charge in [-0.25, -0.2) is 4.39 Å². The molecule has 19 heavy (non-hydrogen) atoms. The highest BCUT2D eigenvalue weighted by molar-refractivity contribution is 6.20. The first-order chi connectivity index (χ1) is 8.83. The van der Waals surface area contributed by atoms with Gasteiger partial charge >= 0.3 is 6.18 Å². The van der Waals surface area contributed by atoms with E-state index in [-0.39, 0.29) is 18.6 Å². The van der Waals surface area contributed by atoms with Crippen LogP contribution < -0.4 is 4.74 Å². The number of benzene rings is 1. The van der Waals surface area contributed by atoms with Crippen LogP contribution >= 0.6 is 11.6 Å². The van der Waals surface area contributed by atoms with E-state index in [1.807, 2.05) is 0 Å². The normalized spacial score (nSPS) is 13.4. The second-order valence-electron chi connectivity index (χ2n) is 3.81. The average molecular weight is 301 g/mol. The fourth-order valence-corrected chi connectivity index (χ4v) is 1.69. The molecule has 7 heteroatoms. The molecule has 2 nitrogen and oxygen atoms in total. The molecule has 0 saturated heterocycles. The largest absolute Gasteiger partial charge is 0.497 e. The smallest absolute Gasteiger partial charge is 0.411 e. The van der Waals surface area contributed by atoms with Gasteiger partial charge in [-0.2, -0.15) is 13.2 Å². The predicted octanol–water partition coefficient (Wildman–Crippen LogP) is 4.08. The number of hydrogen-bond donors (Lipinski definition) is 0. The van der Waals surface area contributed by atoms with Crippen molar-refractivity contribution >= 4 is 11.6 Å². The quantitative estimate of drug-likeness (QED) is 0.448. The number of halogens is 5. The van der Waals surface area contributed by atoms with Gasteiger partial charge in [-0.1, -0.05) is 6.07 Å². The summed E-state index contributed by atoms with van der Waals surface area (Å²) in [6.45, 7) is -1.53. The van der Waals surface area contributed by atoms with Crippen molar-refractivity contribution in [3.63, 3.8) is 0 Å². The lowest BCUT2D eigenvalue weighted by Crippen LogP contribution is -2.17. The fourth-order valence-electron chi connectivity index (χ4n) is 1.42. The van der Waals surface area contributed by atoms with Crippen LogP contribution in [0, 0.1) is 5.82 Å². The predicted molar refractivity (Wildman–Crippen MR) is 63.0 cm³/mol. The van der Waals surface area contributed by atoms with E-state index in [4.69, 9.17) is 16.3 Å². The van der Waals surface area contributed by atoms with Crippen molar-refractivity contribution in [1.29, 1.82) is 0 Å². The summed E-state index contributed by atoms with van der Waals surface area (Å²) in [6, 6.07) is 4.14. The van der Waals surface area contributed by atoms with E-state index < -0.39 is 24.0 Å². The van der Waals surface area contributed by atoms with Crippen LogP contribution in [-0.2, 0) is 4.74 Å². The molecular formula is C12H13ClF4O2. The Morgan fingerprint density at radius 3 is 2.53 bits per heavy atom. The van der Waals surface area contributed by atoms with Gasteiger partial charge < -0.3 is 9.47 Å². The van der Waals surface area contributed by atoms with Crippen LogP contribution in [0.15, 0.2) is 18.2 Å². The molecule has 0 saturated carbocycles. The van der Waals surface area contributed by atoms with Gasteiger partial charge in [0, 0.05) is 18.2 Å². The van der Waals surface area contributed by atoms with Crippen molar-refractivity contribution in [2.24, 2.45) is 0 Å². The van der Waals surface area contributed by atoms with Crippen molar-refractivity contribution in [3.8, 4) is 5.75 Å². The maximum absolute atomic E-state index is 13.6. The summed E-state index contributed by atoms with van der Waals surface area (Å²) in [5.41, 5.74) is 0.207. The molecule has 0 spiro atoms. The third kappa shape index (κ3) is 5.65. The van der Waals surface area contributed by atoms with E-state index in [0.717, 1.165) is 0 Å². The van der Waals surface area contributed by atoms with Gasteiger partial charge in [-0.3, -0.25) is 0 Å². The third-order valence-electron chi connectivity index (χ3n) is 2.33. The minimum atomic E-state index is -4.37. The summed E-state index contributed by atoms with van der Waals surface area (Å²) < 4.78 is 58.3. The number of ether oxygens (including phenoxy) is 2. The SMILES string of the molecule is COc1ccc(C(Cl)CCOCC(F)(F)F)c(F)c1. The molecule has 1 aromatic carbocycles. The zero-order valence-electron chi connectivity index (χ0n) is 10.1. The van der Waals surface area contributed by atoms with Gasteiger partial charge in [0.15, 0.2) is 0 Å². The van der Waals surface area contributed by atoms with Crippen LogP contribution in [-0.4, -0.2) is 26.5 Å². The summed E-state index contributed by atoms with van der Waals surface area (Å²) in [5.74, 6) is -0.214. The standard InChI is InChI=1S/C12H13ClF4O2/c1-18-8-2-3-9(11(14)6-8)10(13)4-5-19-7-12(15,16)17/h2-3,6,10H,4-5,7H2,1H3. The molecular weight excluding hydrogens is 288 g/mol.